The van der Waals surface area contributed by atoms with Crippen LogP contribution in [0.25, 0.3) is 0 Å². The second-order valence-corrected chi connectivity index (χ2v) is 17.3. The van der Waals surface area contributed by atoms with Crippen molar-refractivity contribution < 1.29 is 0 Å². The molecule has 1 saturated carbocycles. The third-order valence-corrected chi connectivity index (χ3v) is 15.8. The average Bonchev–Trinajstić information content (AvgIpc) is 3.22. The molecule has 0 N–H and O–H groups in total. The number of hydrogen-bond acceptors (Lipinski definition) is 0. The fourth-order valence-corrected chi connectivity index (χ4v) is 13.9. The minimum atomic E-state index is -1.63. The van der Waals surface area contributed by atoms with Crippen LogP contribution in [0, 0.1) is 0 Å². The predicted octanol–water partition coefficient (Wildman–Crippen LogP) is 8.38. The summed E-state index contributed by atoms with van der Waals surface area (Å²) in [6.07, 6.45) is 5.64. The summed E-state index contributed by atoms with van der Waals surface area (Å²) < 4.78 is 0. The molecule has 0 spiro atoms. The smallest absolute Gasteiger partial charge is 0.115 e. The topological polar surface area (TPSA) is 0 Å². The highest BCUT2D eigenvalue weighted by Crippen LogP contribution is 2.63. The van der Waals surface area contributed by atoms with Crippen LogP contribution < -0.4 is 37.8 Å². The van der Waals surface area contributed by atoms with Gasteiger partial charge in [-0.3, -0.25) is 0 Å². The van der Waals surface area contributed by atoms with Crippen molar-refractivity contribution in [3.05, 3.63) is 212 Å². The van der Waals surface area contributed by atoms with Gasteiger partial charge in [0, 0.05) is 0 Å². The molecular formula is C48H46BP. The monoisotopic (exact) mass is 664 g/mol. The van der Waals surface area contributed by atoms with E-state index in [1.807, 2.05) is 0 Å². The minimum absolute atomic E-state index is 0.758. The highest BCUT2D eigenvalue weighted by atomic mass is 31.2. The van der Waals surface area contributed by atoms with E-state index in [0.717, 1.165) is 5.66 Å². The largest absolute Gasteiger partial charge is 0.195 e. The maximum absolute atomic E-state index is 2.38. The molecule has 1 aliphatic carbocycles. The molecule has 0 aliphatic heterocycles. The quantitative estimate of drug-likeness (QED) is 0.113. The summed E-state index contributed by atoms with van der Waals surface area (Å²) in [6, 6.07) is 77.6. The Morgan fingerprint density at radius 2 is 0.540 bits per heavy atom. The van der Waals surface area contributed by atoms with Gasteiger partial charge < -0.3 is 0 Å². The van der Waals surface area contributed by atoms with Gasteiger partial charge in [0.25, 0.3) is 0 Å². The fraction of sp³-hybridized carbons (Fsp3) is 0.125. The highest BCUT2D eigenvalue weighted by Gasteiger charge is 2.52. The van der Waals surface area contributed by atoms with Crippen molar-refractivity contribution >= 4 is 51.2 Å². The molecule has 246 valence electrons. The van der Waals surface area contributed by atoms with Gasteiger partial charge in [-0.2, -0.15) is 21.9 Å². The third kappa shape index (κ3) is 6.64. The van der Waals surface area contributed by atoms with Crippen LogP contribution in [0.15, 0.2) is 212 Å². The van der Waals surface area contributed by atoms with Gasteiger partial charge in [-0.15, -0.1) is 0 Å². The molecule has 2 heteroatoms. The van der Waals surface area contributed by atoms with Crippen molar-refractivity contribution in [3.63, 3.8) is 0 Å². The summed E-state index contributed by atoms with van der Waals surface area (Å²) in [5.41, 5.74) is 6.11. The molecule has 0 aromatic heterocycles. The highest BCUT2D eigenvalue weighted by molar-refractivity contribution is 7.96. The number of rotatable bonds is 8. The maximum Gasteiger partial charge on any atom is 0.115 e. The van der Waals surface area contributed by atoms with Crippen molar-refractivity contribution in [3.8, 4) is 0 Å². The van der Waals surface area contributed by atoms with Crippen LogP contribution >= 0.6 is 7.26 Å². The number of benzene rings is 7. The molecule has 7 aromatic carbocycles. The van der Waals surface area contributed by atoms with E-state index in [1.165, 1.54) is 54.0 Å². The van der Waals surface area contributed by atoms with Gasteiger partial charge in [0.05, 0.1) is 5.66 Å². The summed E-state index contributed by atoms with van der Waals surface area (Å²) in [6.45, 7) is 0. The first kappa shape index (κ1) is 33.5. The van der Waals surface area contributed by atoms with E-state index in [2.05, 4.69) is 212 Å². The molecule has 0 radical (unpaired) electrons. The van der Waals surface area contributed by atoms with Crippen LogP contribution in [0.5, 0.6) is 0 Å². The third-order valence-electron chi connectivity index (χ3n) is 10.8. The van der Waals surface area contributed by atoms with Gasteiger partial charge in [-0.1, -0.05) is 182 Å². The fourth-order valence-electron chi connectivity index (χ4n) is 8.66. The molecule has 0 heterocycles. The molecule has 50 heavy (non-hydrogen) atoms. The Morgan fingerprint density at radius 1 is 0.300 bits per heavy atom. The Balaban J connectivity index is 0.000000157. The van der Waals surface area contributed by atoms with E-state index in [1.54, 1.807) is 15.9 Å². The van der Waals surface area contributed by atoms with Gasteiger partial charge in [-0.25, -0.2) is 0 Å². The van der Waals surface area contributed by atoms with Gasteiger partial charge in [-0.05, 0) is 62.1 Å². The molecular weight excluding hydrogens is 618 g/mol. The van der Waals surface area contributed by atoms with Crippen LogP contribution in [0.3, 0.4) is 0 Å². The predicted molar refractivity (Wildman–Crippen MR) is 222 cm³/mol. The summed E-state index contributed by atoms with van der Waals surface area (Å²) in [4.78, 5) is 0. The second-order valence-electron chi connectivity index (χ2n) is 13.5. The van der Waals surface area contributed by atoms with E-state index in [4.69, 9.17) is 0 Å². The van der Waals surface area contributed by atoms with Gasteiger partial charge in [0.15, 0.2) is 0 Å². The van der Waals surface area contributed by atoms with Crippen LogP contribution in [0.2, 0.25) is 0 Å². The molecule has 0 nitrogen and oxygen atoms in total. The average molecular weight is 665 g/mol. The SMILES string of the molecule is c1ccc([B-](c2ccccc2)(c2ccccc2)c2ccccc2)cc1.c1ccc([P+](c2ccccc2)(c2ccccc2)C2CCCCC2)cc1. The van der Waals surface area contributed by atoms with Crippen molar-refractivity contribution in [2.75, 3.05) is 0 Å². The molecule has 1 fully saturated rings. The Labute approximate surface area is 300 Å². The lowest BCUT2D eigenvalue weighted by atomic mass is 9.13. The van der Waals surface area contributed by atoms with Gasteiger partial charge in [0.1, 0.15) is 29.3 Å². The summed E-state index contributed by atoms with van der Waals surface area (Å²) in [5.74, 6) is 0. The van der Waals surface area contributed by atoms with Gasteiger partial charge in [0.2, 0.25) is 0 Å². The van der Waals surface area contributed by atoms with E-state index in [-0.39, 0.29) is 0 Å². The second kappa shape index (κ2) is 16.2. The van der Waals surface area contributed by atoms with Crippen molar-refractivity contribution in [1.82, 2.24) is 0 Å². The van der Waals surface area contributed by atoms with Crippen molar-refractivity contribution in [1.29, 1.82) is 0 Å². The first-order chi connectivity index (χ1) is 24.8. The Hall–Kier alpha value is -4.97. The molecule has 0 saturated heterocycles. The number of hydrogen-bond donors (Lipinski definition) is 0. The van der Waals surface area contributed by atoms with Crippen molar-refractivity contribution in [2.45, 2.75) is 37.8 Å². The van der Waals surface area contributed by atoms with Gasteiger partial charge >= 0.3 is 0 Å². The first-order valence-electron chi connectivity index (χ1n) is 18.3. The Bertz CT molecular complexity index is 1730. The lowest BCUT2D eigenvalue weighted by Crippen LogP contribution is -2.74. The lowest BCUT2D eigenvalue weighted by Gasteiger charge is -2.44. The summed E-state index contributed by atoms with van der Waals surface area (Å²) in [5, 5.41) is 4.62. The van der Waals surface area contributed by atoms with Crippen LogP contribution in [0.1, 0.15) is 32.1 Å². The normalized spacial score (nSPS) is 13.5. The molecule has 0 amide bonds. The molecule has 0 atom stereocenters. The standard InChI is InChI=1S/C24H20B.C24H26P/c2*1-5-13-21(14-6-1)25(22-15-7-2-8-16-22,23-17-9-3-10-18-23)24-19-11-4-12-20-24/h1-20H;1-3,5-10,13-18,24H,4,11-12,19-20H2/q-1;+1. The zero-order valence-electron chi connectivity index (χ0n) is 28.8. The van der Waals surface area contributed by atoms with E-state index in [9.17, 15) is 0 Å². The van der Waals surface area contributed by atoms with Crippen LogP contribution in [0.4, 0.5) is 0 Å². The Morgan fingerprint density at radius 3 is 0.800 bits per heavy atom. The van der Waals surface area contributed by atoms with Crippen LogP contribution in [-0.2, 0) is 0 Å². The molecule has 8 rings (SSSR count). The minimum Gasteiger partial charge on any atom is -0.195 e. The molecule has 1 aliphatic rings. The van der Waals surface area contributed by atoms with E-state index >= 15 is 0 Å². The molecule has 7 aromatic rings. The lowest BCUT2D eigenvalue weighted by molar-refractivity contribution is 0.511. The zero-order chi connectivity index (χ0) is 33.9. The summed E-state index contributed by atoms with van der Waals surface area (Å²) >= 11 is 0. The Kier molecular flexibility index (Phi) is 10.8. The zero-order valence-corrected chi connectivity index (χ0v) is 29.7. The van der Waals surface area contributed by atoms with Crippen LogP contribution in [-0.4, -0.2) is 11.8 Å². The first-order valence-corrected chi connectivity index (χ1v) is 20.1. The maximum atomic E-state index is 2.38. The van der Waals surface area contributed by atoms with Crippen molar-refractivity contribution in [2.24, 2.45) is 0 Å². The van der Waals surface area contributed by atoms with E-state index in [0.29, 0.717) is 0 Å². The molecule has 0 unspecified atom stereocenters. The van der Waals surface area contributed by atoms with E-state index < -0.39 is 13.4 Å². The molecule has 0 bridgehead atoms. The summed E-state index contributed by atoms with van der Waals surface area (Å²) in [7, 11) is -1.63.